The number of hydrogen-bond donors (Lipinski definition) is 2. The van der Waals surface area contributed by atoms with Gasteiger partial charge in [-0.1, -0.05) is 5.92 Å². The van der Waals surface area contributed by atoms with Gasteiger partial charge in [-0.2, -0.15) is 13.2 Å². The minimum absolute atomic E-state index is 0.0523. The van der Waals surface area contributed by atoms with Crippen molar-refractivity contribution >= 4 is 23.5 Å². The third-order valence-corrected chi connectivity index (χ3v) is 3.03. The number of ether oxygens (including phenoxy) is 1. The van der Waals surface area contributed by atoms with Gasteiger partial charge in [-0.15, -0.1) is 0 Å². The second-order valence-electron chi connectivity index (χ2n) is 6.66. The lowest BCUT2D eigenvalue weighted by atomic mass is 10.2. The smallest absolute Gasteiger partial charge is 0.444 e. The number of aromatic nitrogens is 2. The zero-order valence-electron chi connectivity index (χ0n) is 15.7. The fourth-order valence-corrected chi connectivity index (χ4v) is 1.92. The molecule has 29 heavy (non-hydrogen) atoms. The minimum atomic E-state index is -5.03. The summed E-state index contributed by atoms with van der Waals surface area (Å²) in [7, 11) is 0. The highest BCUT2D eigenvalue weighted by Crippen LogP contribution is 2.19. The van der Waals surface area contributed by atoms with E-state index in [-0.39, 0.29) is 17.2 Å². The van der Waals surface area contributed by atoms with E-state index in [1.807, 2.05) is 0 Å². The second-order valence-corrected chi connectivity index (χ2v) is 6.66. The van der Waals surface area contributed by atoms with Gasteiger partial charge < -0.3 is 10.1 Å². The Balaban J connectivity index is 2.19. The molecule has 7 nitrogen and oxygen atoms in total. The largest absolute Gasteiger partial charge is 0.471 e. The van der Waals surface area contributed by atoms with Crippen LogP contribution in [0.3, 0.4) is 0 Å². The molecule has 0 radical (unpaired) electrons. The maximum atomic E-state index is 12.4. The normalized spacial score (nSPS) is 11.1. The third-order valence-electron chi connectivity index (χ3n) is 3.03. The molecule has 2 heterocycles. The highest BCUT2D eigenvalue weighted by atomic mass is 19.4. The van der Waals surface area contributed by atoms with Crippen molar-refractivity contribution < 1.29 is 27.5 Å². The van der Waals surface area contributed by atoms with Gasteiger partial charge in [-0.3, -0.25) is 10.1 Å². The molecule has 2 N–H and O–H groups in total. The van der Waals surface area contributed by atoms with E-state index in [2.05, 4.69) is 27.1 Å². The molecule has 2 aromatic heterocycles. The van der Waals surface area contributed by atoms with Crippen molar-refractivity contribution in [2.24, 2.45) is 0 Å². The Morgan fingerprint density at radius 2 is 1.76 bits per heavy atom. The fourth-order valence-electron chi connectivity index (χ4n) is 1.92. The number of hydrogen-bond acceptors (Lipinski definition) is 5. The summed E-state index contributed by atoms with van der Waals surface area (Å²) in [6.07, 6.45) is -3.01. The first kappa shape index (κ1) is 21.7. The van der Waals surface area contributed by atoms with E-state index >= 15 is 0 Å². The average Bonchev–Trinajstić information content (AvgIpc) is 2.58. The van der Waals surface area contributed by atoms with Gasteiger partial charge in [0.1, 0.15) is 17.1 Å². The SMILES string of the molecule is CC(C)(C)OC(=O)Nc1cc(C#Cc2ncccc2NC(=O)C(F)(F)F)ccn1. The second kappa shape index (κ2) is 8.60. The molecule has 2 amide bonds. The zero-order valence-corrected chi connectivity index (χ0v) is 15.7. The standard InChI is InChI=1S/C19H17F3N4O3/c1-18(2,3)29-17(28)26-15-11-12(8-10-24-15)6-7-13-14(5-4-9-23-13)25-16(27)19(20,21)22/h4-5,8-11H,1-3H3,(H,25,27)(H,24,26,28). The molecule has 0 unspecified atom stereocenters. The summed E-state index contributed by atoms with van der Waals surface area (Å²) in [6.45, 7) is 5.14. The van der Waals surface area contributed by atoms with Crippen LogP contribution in [0.4, 0.5) is 29.5 Å². The van der Waals surface area contributed by atoms with Gasteiger partial charge in [-0.25, -0.2) is 14.8 Å². The predicted molar refractivity (Wildman–Crippen MR) is 99.0 cm³/mol. The van der Waals surface area contributed by atoms with Crippen LogP contribution in [0.5, 0.6) is 0 Å². The third kappa shape index (κ3) is 7.14. The average molecular weight is 406 g/mol. The Labute approximate surface area is 164 Å². The first-order chi connectivity index (χ1) is 13.4. The van der Waals surface area contributed by atoms with Crippen LogP contribution in [0.15, 0.2) is 36.7 Å². The molecule has 0 atom stereocenters. The van der Waals surface area contributed by atoms with Crippen LogP contribution in [-0.4, -0.2) is 33.7 Å². The van der Waals surface area contributed by atoms with Crippen LogP contribution in [0, 0.1) is 11.8 Å². The van der Waals surface area contributed by atoms with Gasteiger partial charge in [-0.05, 0) is 51.0 Å². The number of anilines is 2. The van der Waals surface area contributed by atoms with Crippen LogP contribution in [0.1, 0.15) is 32.0 Å². The van der Waals surface area contributed by atoms with Crippen LogP contribution in [-0.2, 0) is 9.53 Å². The van der Waals surface area contributed by atoms with Crippen LogP contribution >= 0.6 is 0 Å². The lowest BCUT2D eigenvalue weighted by Crippen LogP contribution is -2.30. The van der Waals surface area contributed by atoms with Crippen LogP contribution in [0.2, 0.25) is 0 Å². The summed E-state index contributed by atoms with van der Waals surface area (Å²) >= 11 is 0. The molecule has 152 valence electrons. The van der Waals surface area contributed by atoms with E-state index < -0.39 is 23.8 Å². The van der Waals surface area contributed by atoms with Crippen LogP contribution in [0.25, 0.3) is 0 Å². The lowest BCUT2D eigenvalue weighted by Gasteiger charge is -2.19. The molecule has 0 fully saturated rings. The Bertz CT molecular complexity index is 973. The molecule has 10 heteroatoms. The fraction of sp³-hybridized carbons (Fsp3) is 0.263. The first-order valence-corrected chi connectivity index (χ1v) is 8.25. The monoisotopic (exact) mass is 406 g/mol. The summed E-state index contributed by atoms with van der Waals surface area (Å²) in [5, 5.41) is 4.18. The zero-order chi connectivity index (χ0) is 21.7. The maximum absolute atomic E-state index is 12.4. The number of alkyl halides is 3. The van der Waals surface area contributed by atoms with Gasteiger partial charge in [0.2, 0.25) is 0 Å². The van der Waals surface area contributed by atoms with Crippen molar-refractivity contribution in [3.8, 4) is 11.8 Å². The Morgan fingerprint density at radius 3 is 2.41 bits per heavy atom. The molecule has 0 aromatic carbocycles. The Hall–Kier alpha value is -3.61. The van der Waals surface area contributed by atoms with E-state index in [0.717, 1.165) is 0 Å². The predicted octanol–water partition coefficient (Wildman–Crippen LogP) is 3.72. The summed E-state index contributed by atoms with van der Waals surface area (Å²) in [4.78, 5) is 30.8. The summed E-state index contributed by atoms with van der Waals surface area (Å²) in [6, 6.07) is 5.60. The maximum Gasteiger partial charge on any atom is 0.471 e. The molecule has 2 aromatic rings. The van der Waals surface area contributed by atoms with E-state index in [1.54, 1.807) is 26.1 Å². The van der Waals surface area contributed by atoms with Crippen molar-refractivity contribution in [2.45, 2.75) is 32.5 Å². The molecule has 0 saturated carbocycles. The van der Waals surface area contributed by atoms with Crippen molar-refractivity contribution in [3.05, 3.63) is 47.9 Å². The molecule has 0 bridgehead atoms. The van der Waals surface area contributed by atoms with Crippen molar-refractivity contribution in [1.29, 1.82) is 0 Å². The number of carbonyl (C=O) groups excluding carboxylic acids is 2. The van der Waals surface area contributed by atoms with Gasteiger partial charge in [0.05, 0.1) is 5.69 Å². The number of halogens is 3. The molecule has 0 aliphatic heterocycles. The quantitative estimate of drug-likeness (QED) is 0.742. The Kier molecular flexibility index (Phi) is 6.43. The molecular formula is C19H17F3N4O3. The summed E-state index contributed by atoms with van der Waals surface area (Å²) in [5.74, 6) is 3.34. The molecule has 0 saturated heterocycles. The van der Waals surface area contributed by atoms with Crippen molar-refractivity contribution in [2.75, 3.05) is 10.6 Å². The van der Waals surface area contributed by atoms with E-state index in [1.165, 1.54) is 36.7 Å². The first-order valence-electron chi connectivity index (χ1n) is 8.25. The topological polar surface area (TPSA) is 93.2 Å². The molecule has 0 spiro atoms. The van der Waals surface area contributed by atoms with Crippen LogP contribution < -0.4 is 10.6 Å². The number of rotatable bonds is 2. The van der Waals surface area contributed by atoms with Crippen molar-refractivity contribution in [3.63, 3.8) is 0 Å². The summed E-state index contributed by atoms with van der Waals surface area (Å²) < 4.78 is 42.5. The Morgan fingerprint density at radius 1 is 1.03 bits per heavy atom. The lowest BCUT2D eigenvalue weighted by molar-refractivity contribution is -0.167. The highest BCUT2D eigenvalue weighted by molar-refractivity contribution is 5.95. The number of pyridine rings is 2. The number of amides is 2. The summed E-state index contributed by atoms with van der Waals surface area (Å²) in [5.41, 5.74) is -0.505. The molecule has 2 rings (SSSR count). The van der Waals surface area contributed by atoms with Gasteiger partial charge >= 0.3 is 18.2 Å². The number of carbonyl (C=O) groups is 2. The van der Waals surface area contributed by atoms with E-state index in [4.69, 9.17) is 4.74 Å². The minimum Gasteiger partial charge on any atom is -0.444 e. The van der Waals surface area contributed by atoms with Crippen molar-refractivity contribution in [1.82, 2.24) is 9.97 Å². The number of nitrogens with zero attached hydrogens (tertiary/aromatic N) is 2. The molecule has 0 aliphatic rings. The number of nitrogens with one attached hydrogen (secondary N) is 2. The highest BCUT2D eigenvalue weighted by Gasteiger charge is 2.39. The van der Waals surface area contributed by atoms with E-state index in [0.29, 0.717) is 5.56 Å². The van der Waals surface area contributed by atoms with Gasteiger partial charge in [0, 0.05) is 18.0 Å². The molecular weight excluding hydrogens is 389 g/mol. The van der Waals surface area contributed by atoms with E-state index in [9.17, 15) is 22.8 Å². The van der Waals surface area contributed by atoms with Gasteiger partial charge in [0.15, 0.2) is 0 Å². The molecule has 0 aliphatic carbocycles. The van der Waals surface area contributed by atoms with Gasteiger partial charge in [0.25, 0.3) is 0 Å².